The molecular weight excluding hydrogens is 267 g/mol. The standard InChI is InChI=1S/C13H19FN2O2S/c14-11-3-1-2-10(8-11)9-19(17,18)16-13-6-4-12(15)5-7-13/h1-3,8,12-13,16H,4-7,9,15H2. The zero-order chi connectivity index (χ0) is 13.9. The van der Waals surface area contributed by atoms with Crippen LogP contribution >= 0.6 is 0 Å². The van der Waals surface area contributed by atoms with Gasteiger partial charge in [-0.05, 0) is 43.4 Å². The predicted molar refractivity (Wildman–Crippen MR) is 72.4 cm³/mol. The van der Waals surface area contributed by atoms with Crippen molar-refractivity contribution in [1.82, 2.24) is 4.72 Å². The maximum Gasteiger partial charge on any atom is 0.216 e. The highest BCUT2D eigenvalue weighted by atomic mass is 32.2. The number of hydrogen-bond acceptors (Lipinski definition) is 3. The average Bonchev–Trinajstić information content (AvgIpc) is 2.31. The molecule has 1 saturated carbocycles. The summed E-state index contributed by atoms with van der Waals surface area (Å²) in [5.74, 6) is -0.607. The molecule has 1 aliphatic carbocycles. The van der Waals surface area contributed by atoms with Gasteiger partial charge in [-0.1, -0.05) is 12.1 Å². The van der Waals surface area contributed by atoms with E-state index in [4.69, 9.17) is 5.73 Å². The van der Waals surface area contributed by atoms with Crippen molar-refractivity contribution in [2.45, 2.75) is 43.5 Å². The summed E-state index contributed by atoms with van der Waals surface area (Å²) in [6, 6.07) is 5.81. The third kappa shape index (κ3) is 4.56. The van der Waals surface area contributed by atoms with Crippen molar-refractivity contribution in [3.8, 4) is 0 Å². The summed E-state index contributed by atoms with van der Waals surface area (Å²) >= 11 is 0. The number of sulfonamides is 1. The fourth-order valence-electron chi connectivity index (χ4n) is 2.38. The molecular formula is C13H19FN2O2S. The molecule has 0 atom stereocenters. The zero-order valence-corrected chi connectivity index (χ0v) is 11.5. The SMILES string of the molecule is NC1CCC(NS(=O)(=O)Cc2cccc(F)c2)CC1. The molecule has 0 aliphatic heterocycles. The van der Waals surface area contributed by atoms with Crippen molar-refractivity contribution in [2.24, 2.45) is 5.73 Å². The van der Waals surface area contributed by atoms with Gasteiger partial charge in [0.05, 0.1) is 5.75 Å². The van der Waals surface area contributed by atoms with Gasteiger partial charge in [0.15, 0.2) is 0 Å². The molecule has 0 unspecified atom stereocenters. The summed E-state index contributed by atoms with van der Waals surface area (Å²) in [7, 11) is -3.43. The second kappa shape index (κ2) is 5.98. The third-order valence-corrected chi connectivity index (χ3v) is 4.77. The molecule has 3 N–H and O–H groups in total. The summed E-state index contributed by atoms with van der Waals surface area (Å²) in [6.45, 7) is 0. The monoisotopic (exact) mass is 286 g/mol. The Morgan fingerprint density at radius 3 is 2.58 bits per heavy atom. The highest BCUT2D eigenvalue weighted by molar-refractivity contribution is 7.88. The molecule has 0 heterocycles. The van der Waals surface area contributed by atoms with Crippen LogP contribution in [0.2, 0.25) is 0 Å². The van der Waals surface area contributed by atoms with Crippen LogP contribution < -0.4 is 10.5 Å². The first-order valence-corrected chi connectivity index (χ1v) is 8.10. The second-order valence-electron chi connectivity index (χ2n) is 5.12. The maximum atomic E-state index is 13.0. The topological polar surface area (TPSA) is 72.2 Å². The van der Waals surface area contributed by atoms with Crippen LogP contribution in [0.3, 0.4) is 0 Å². The largest absolute Gasteiger partial charge is 0.328 e. The Labute approximate surface area is 113 Å². The molecule has 1 aromatic carbocycles. The minimum absolute atomic E-state index is 0.0432. The Hall–Kier alpha value is -0.980. The predicted octanol–water partition coefficient (Wildman–Crippen LogP) is 1.52. The summed E-state index contributed by atoms with van der Waals surface area (Å²) in [4.78, 5) is 0. The lowest BCUT2D eigenvalue weighted by Gasteiger charge is -2.26. The molecule has 0 amide bonds. The molecule has 2 rings (SSSR count). The lowest BCUT2D eigenvalue weighted by atomic mass is 9.93. The van der Waals surface area contributed by atoms with E-state index in [1.54, 1.807) is 6.07 Å². The van der Waals surface area contributed by atoms with Gasteiger partial charge in [0, 0.05) is 12.1 Å². The molecule has 0 bridgehead atoms. The van der Waals surface area contributed by atoms with Gasteiger partial charge in [0.25, 0.3) is 0 Å². The van der Waals surface area contributed by atoms with E-state index in [2.05, 4.69) is 4.72 Å². The minimum atomic E-state index is -3.43. The van der Waals surface area contributed by atoms with Crippen LogP contribution in [-0.4, -0.2) is 20.5 Å². The summed E-state index contributed by atoms with van der Waals surface area (Å²) in [6.07, 6.45) is 3.22. The van der Waals surface area contributed by atoms with Crippen LogP contribution in [0.4, 0.5) is 4.39 Å². The van der Waals surface area contributed by atoms with Crippen molar-refractivity contribution in [1.29, 1.82) is 0 Å². The van der Waals surface area contributed by atoms with Gasteiger partial charge in [-0.3, -0.25) is 0 Å². The van der Waals surface area contributed by atoms with Gasteiger partial charge < -0.3 is 5.73 Å². The van der Waals surface area contributed by atoms with Gasteiger partial charge in [-0.25, -0.2) is 17.5 Å². The van der Waals surface area contributed by atoms with Crippen molar-refractivity contribution in [3.63, 3.8) is 0 Å². The quantitative estimate of drug-likeness (QED) is 0.881. The lowest BCUT2D eigenvalue weighted by molar-refractivity contribution is 0.373. The Morgan fingerprint density at radius 1 is 1.26 bits per heavy atom. The van der Waals surface area contributed by atoms with Crippen LogP contribution in [0.25, 0.3) is 0 Å². The van der Waals surface area contributed by atoms with Gasteiger partial charge >= 0.3 is 0 Å². The van der Waals surface area contributed by atoms with Crippen LogP contribution in [0.5, 0.6) is 0 Å². The van der Waals surface area contributed by atoms with E-state index >= 15 is 0 Å². The number of hydrogen-bond donors (Lipinski definition) is 2. The molecule has 4 nitrogen and oxygen atoms in total. The first kappa shape index (κ1) is 14.4. The molecule has 1 aliphatic rings. The van der Waals surface area contributed by atoms with E-state index in [0.717, 1.165) is 25.7 Å². The molecule has 0 radical (unpaired) electrons. The molecule has 106 valence electrons. The first-order chi connectivity index (χ1) is 8.94. The molecule has 0 saturated heterocycles. The molecule has 0 spiro atoms. The molecule has 1 aromatic rings. The second-order valence-corrected chi connectivity index (χ2v) is 6.87. The number of rotatable bonds is 4. The van der Waals surface area contributed by atoms with Crippen molar-refractivity contribution < 1.29 is 12.8 Å². The molecule has 19 heavy (non-hydrogen) atoms. The minimum Gasteiger partial charge on any atom is -0.328 e. The number of halogens is 1. The number of nitrogens with one attached hydrogen (secondary N) is 1. The maximum absolute atomic E-state index is 13.0. The van der Waals surface area contributed by atoms with Crippen LogP contribution in [0, 0.1) is 5.82 Å². The highest BCUT2D eigenvalue weighted by Gasteiger charge is 2.23. The lowest BCUT2D eigenvalue weighted by Crippen LogP contribution is -2.40. The molecule has 1 fully saturated rings. The fraction of sp³-hybridized carbons (Fsp3) is 0.538. The van der Waals surface area contributed by atoms with E-state index < -0.39 is 15.8 Å². The van der Waals surface area contributed by atoms with E-state index in [1.807, 2.05) is 0 Å². The Bertz CT molecular complexity index is 525. The smallest absolute Gasteiger partial charge is 0.216 e. The van der Waals surface area contributed by atoms with E-state index in [1.165, 1.54) is 18.2 Å². The Morgan fingerprint density at radius 2 is 1.95 bits per heavy atom. The molecule has 6 heteroatoms. The normalized spacial score (nSPS) is 24.3. The van der Waals surface area contributed by atoms with Crippen LogP contribution in [0.15, 0.2) is 24.3 Å². The van der Waals surface area contributed by atoms with Crippen molar-refractivity contribution >= 4 is 10.0 Å². The summed E-state index contributed by atoms with van der Waals surface area (Å²) < 4.78 is 39.7. The Balaban J connectivity index is 1.95. The highest BCUT2D eigenvalue weighted by Crippen LogP contribution is 2.18. The van der Waals surface area contributed by atoms with E-state index in [0.29, 0.717) is 5.56 Å². The average molecular weight is 286 g/mol. The zero-order valence-electron chi connectivity index (χ0n) is 10.7. The van der Waals surface area contributed by atoms with Crippen LogP contribution in [0.1, 0.15) is 31.2 Å². The Kier molecular flexibility index (Phi) is 4.54. The number of nitrogens with two attached hydrogens (primary N) is 1. The molecule has 0 aromatic heterocycles. The van der Waals surface area contributed by atoms with Crippen LogP contribution in [-0.2, 0) is 15.8 Å². The van der Waals surface area contributed by atoms with Gasteiger partial charge in [-0.2, -0.15) is 0 Å². The summed E-state index contributed by atoms with van der Waals surface area (Å²) in [5, 5.41) is 0. The van der Waals surface area contributed by atoms with Gasteiger partial charge in [0.1, 0.15) is 5.82 Å². The van der Waals surface area contributed by atoms with Crippen molar-refractivity contribution in [3.05, 3.63) is 35.6 Å². The van der Waals surface area contributed by atoms with E-state index in [9.17, 15) is 12.8 Å². The third-order valence-electron chi connectivity index (χ3n) is 3.36. The van der Waals surface area contributed by atoms with E-state index in [-0.39, 0.29) is 17.8 Å². The number of benzene rings is 1. The fourth-order valence-corrected chi connectivity index (χ4v) is 3.82. The first-order valence-electron chi connectivity index (χ1n) is 6.45. The van der Waals surface area contributed by atoms with Gasteiger partial charge in [-0.15, -0.1) is 0 Å². The van der Waals surface area contributed by atoms with Crippen molar-refractivity contribution in [2.75, 3.05) is 0 Å². The summed E-state index contributed by atoms with van der Waals surface area (Å²) in [5.41, 5.74) is 6.24. The van der Waals surface area contributed by atoms with Gasteiger partial charge in [0.2, 0.25) is 10.0 Å².